The Morgan fingerprint density at radius 1 is 1.20 bits per heavy atom. The summed E-state index contributed by atoms with van der Waals surface area (Å²) >= 11 is 0. The average molecular weight is 279 g/mol. The van der Waals surface area contributed by atoms with E-state index in [0.29, 0.717) is 6.54 Å². The molecule has 0 aromatic heterocycles. The Labute approximate surface area is 118 Å². The monoisotopic (exact) mass is 279 g/mol. The molecule has 4 heteroatoms. The third-order valence-corrected chi connectivity index (χ3v) is 3.99. The molecule has 1 aliphatic heterocycles. The van der Waals surface area contributed by atoms with E-state index in [1.54, 1.807) is 0 Å². The summed E-state index contributed by atoms with van der Waals surface area (Å²) in [5.74, 6) is -3.59. The van der Waals surface area contributed by atoms with E-state index in [0.717, 1.165) is 12.5 Å². The van der Waals surface area contributed by atoms with Crippen LogP contribution in [0.15, 0.2) is 42.5 Å². The number of rotatable bonds is 3. The maximum Gasteiger partial charge on any atom is 0.259 e. The first kappa shape index (κ1) is 14.7. The van der Waals surface area contributed by atoms with Gasteiger partial charge in [0.05, 0.1) is 6.04 Å². The average Bonchev–Trinajstić information content (AvgIpc) is 2.86. The maximum absolute atomic E-state index is 13.7. The Hall–Kier alpha value is -1.71. The highest BCUT2D eigenvalue weighted by atomic mass is 19.3. The standard InChI is InChI=1S/C16H19F2NO/c1-15(2,16(3,17)18)14(20)19-11-7-10-13(19)12-8-5-4-6-9-12/h4-10,13H,11H2,1-3H3/t13-/m0/s1. The van der Waals surface area contributed by atoms with E-state index < -0.39 is 17.2 Å². The first-order valence-corrected chi connectivity index (χ1v) is 6.65. The van der Waals surface area contributed by atoms with Crippen molar-refractivity contribution in [2.45, 2.75) is 32.7 Å². The molecule has 2 rings (SSSR count). The summed E-state index contributed by atoms with van der Waals surface area (Å²) in [6, 6.07) is 9.19. The normalized spacial score (nSPS) is 19.4. The highest BCUT2D eigenvalue weighted by molar-refractivity contribution is 5.84. The van der Waals surface area contributed by atoms with Gasteiger partial charge in [0.1, 0.15) is 5.41 Å². The summed E-state index contributed by atoms with van der Waals surface area (Å²) in [7, 11) is 0. The highest BCUT2D eigenvalue weighted by Gasteiger charge is 2.50. The highest BCUT2D eigenvalue weighted by Crippen LogP contribution is 2.40. The van der Waals surface area contributed by atoms with Crippen molar-refractivity contribution in [2.75, 3.05) is 6.54 Å². The quantitative estimate of drug-likeness (QED) is 0.770. The lowest BCUT2D eigenvalue weighted by molar-refractivity contribution is -0.163. The summed E-state index contributed by atoms with van der Waals surface area (Å²) in [4.78, 5) is 14.0. The van der Waals surface area contributed by atoms with Crippen molar-refractivity contribution in [3.8, 4) is 0 Å². The van der Waals surface area contributed by atoms with E-state index in [4.69, 9.17) is 0 Å². The molecule has 1 aromatic carbocycles. The molecule has 0 saturated heterocycles. The van der Waals surface area contributed by atoms with Gasteiger partial charge >= 0.3 is 0 Å². The lowest BCUT2D eigenvalue weighted by Gasteiger charge is -2.36. The Morgan fingerprint density at radius 3 is 2.35 bits per heavy atom. The summed E-state index contributed by atoms with van der Waals surface area (Å²) in [6.07, 6.45) is 3.73. The summed E-state index contributed by atoms with van der Waals surface area (Å²) < 4.78 is 27.3. The van der Waals surface area contributed by atoms with E-state index in [9.17, 15) is 13.6 Å². The van der Waals surface area contributed by atoms with E-state index in [2.05, 4.69) is 0 Å². The molecule has 1 atom stereocenters. The molecule has 0 aliphatic carbocycles. The minimum Gasteiger partial charge on any atom is -0.328 e. The van der Waals surface area contributed by atoms with Gasteiger partial charge in [0.2, 0.25) is 5.91 Å². The first-order chi connectivity index (χ1) is 9.25. The van der Waals surface area contributed by atoms with Crippen LogP contribution in [0.5, 0.6) is 0 Å². The van der Waals surface area contributed by atoms with Gasteiger partial charge in [0.15, 0.2) is 0 Å². The molecule has 1 amide bonds. The van der Waals surface area contributed by atoms with E-state index >= 15 is 0 Å². The number of alkyl halides is 2. The minimum atomic E-state index is -3.06. The molecular formula is C16H19F2NO. The van der Waals surface area contributed by atoms with Crippen LogP contribution in [0.25, 0.3) is 0 Å². The van der Waals surface area contributed by atoms with Crippen LogP contribution in [0.3, 0.4) is 0 Å². The van der Waals surface area contributed by atoms with Crippen molar-refractivity contribution < 1.29 is 13.6 Å². The van der Waals surface area contributed by atoms with Gasteiger partial charge in [0, 0.05) is 13.5 Å². The second-order valence-electron chi connectivity index (χ2n) is 5.75. The predicted octanol–water partition coefficient (Wildman–Crippen LogP) is 3.81. The molecule has 20 heavy (non-hydrogen) atoms. The number of amides is 1. The summed E-state index contributed by atoms with van der Waals surface area (Å²) in [5, 5.41) is 0. The third kappa shape index (κ3) is 2.47. The van der Waals surface area contributed by atoms with Crippen LogP contribution in [0.2, 0.25) is 0 Å². The third-order valence-electron chi connectivity index (χ3n) is 3.99. The molecule has 0 bridgehead atoms. The van der Waals surface area contributed by atoms with Gasteiger partial charge in [-0.2, -0.15) is 0 Å². The summed E-state index contributed by atoms with van der Waals surface area (Å²) in [5.41, 5.74) is -0.781. The molecule has 1 heterocycles. The Balaban J connectivity index is 2.27. The van der Waals surface area contributed by atoms with Crippen LogP contribution in [0.1, 0.15) is 32.4 Å². The van der Waals surface area contributed by atoms with E-state index in [-0.39, 0.29) is 6.04 Å². The zero-order chi connectivity index (χ0) is 15.0. The second-order valence-corrected chi connectivity index (χ2v) is 5.75. The van der Waals surface area contributed by atoms with Crippen molar-refractivity contribution in [1.29, 1.82) is 0 Å². The minimum absolute atomic E-state index is 0.259. The number of hydrogen-bond donors (Lipinski definition) is 0. The van der Waals surface area contributed by atoms with E-state index in [1.165, 1.54) is 18.7 Å². The topological polar surface area (TPSA) is 20.3 Å². The van der Waals surface area contributed by atoms with Gasteiger partial charge in [-0.25, -0.2) is 8.78 Å². The molecule has 0 radical (unpaired) electrons. The van der Waals surface area contributed by atoms with Crippen molar-refractivity contribution in [3.63, 3.8) is 0 Å². The lowest BCUT2D eigenvalue weighted by Crippen LogP contribution is -2.49. The maximum atomic E-state index is 13.7. The van der Waals surface area contributed by atoms with Gasteiger partial charge < -0.3 is 4.90 Å². The second kappa shape index (κ2) is 5.00. The van der Waals surface area contributed by atoms with Gasteiger partial charge in [-0.1, -0.05) is 42.5 Å². The van der Waals surface area contributed by atoms with Crippen LogP contribution in [-0.4, -0.2) is 23.3 Å². The van der Waals surface area contributed by atoms with Crippen molar-refractivity contribution in [3.05, 3.63) is 48.0 Å². The van der Waals surface area contributed by atoms with Crippen LogP contribution in [0, 0.1) is 5.41 Å². The Morgan fingerprint density at radius 2 is 1.80 bits per heavy atom. The lowest BCUT2D eigenvalue weighted by atomic mass is 9.84. The molecule has 0 unspecified atom stereocenters. The number of hydrogen-bond acceptors (Lipinski definition) is 1. The molecule has 0 N–H and O–H groups in total. The fraction of sp³-hybridized carbons (Fsp3) is 0.438. The fourth-order valence-electron chi connectivity index (χ4n) is 2.22. The van der Waals surface area contributed by atoms with E-state index in [1.807, 2.05) is 42.5 Å². The van der Waals surface area contributed by atoms with Crippen LogP contribution >= 0.6 is 0 Å². The number of carbonyl (C=O) groups excluding carboxylic acids is 1. The van der Waals surface area contributed by atoms with Crippen LogP contribution in [-0.2, 0) is 4.79 Å². The van der Waals surface area contributed by atoms with Crippen molar-refractivity contribution >= 4 is 5.91 Å². The molecule has 0 saturated carbocycles. The predicted molar refractivity (Wildman–Crippen MR) is 74.4 cm³/mol. The first-order valence-electron chi connectivity index (χ1n) is 6.65. The van der Waals surface area contributed by atoms with Gasteiger partial charge in [-0.05, 0) is 19.4 Å². The number of carbonyl (C=O) groups is 1. The molecule has 1 aromatic rings. The number of benzene rings is 1. The van der Waals surface area contributed by atoms with Gasteiger partial charge in [-0.3, -0.25) is 4.79 Å². The molecule has 0 spiro atoms. The molecule has 108 valence electrons. The summed E-state index contributed by atoms with van der Waals surface area (Å²) in [6.45, 7) is 3.77. The molecule has 2 nitrogen and oxygen atoms in total. The van der Waals surface area contributed by atoms with Crippen LogP contribution < -0.4 is 0 Å². The molecule has 0 fully saturated rings. The largest absolute Gasteiger partial charge is 0.328 e. The number of halogens is 2. The van der Waals surface area contributed by atoms with Crippen LogP contribution in [0.4, 0.5) is 8.78 Å². The number of nitrogens with zero attached hydrogens (tertiary/aromatic N) is 1. The van der Waals surface area contributed by atoms with Crippen molar-refractivity contribution in [2.24, 2.45) is 5.41 Å². The smallest absolute Gasteiger partial charge is 0.259 e. The van der Waals surface area contributed by atoms with Gasteiger partial charge in [-0.15, -0.1) is 0 Å². The van der Waals surface area contributed by atoms with Crippen molar-refractivity contribution in [1.82, 2.24) is 4.90 Å². The molecule has 1 aliphatic rings. The van der Waals surface area contributed by atoms with Gasteiger partial charge in [0.25, 0.3) is 5.92 Å². The fourth-order valence-corrected chi connectivity index (χ4v) is 2.22. The molecular weight excluding hydrogens is 260 g/mol. The zero-order valence-corrected chi connectivity index (χ0v) is 11.9. The Kier molecular flexibility index (Phi) is 3.67. The SMILES string of the molecule is CC(F)(F)C(C)(C)C(=O)N1CC=C[C@H]1c1ccccc1. The zero-order valence-electron chi connectivity index (χ0n) is 11.9. The Bertz CT molecular complexity index is 517.